The topological polar surface area (TPSA) is 94.8 Å². The first-order valence-corrected chi connectivity index (χ1v) is 5.42. The summed E-state index contributed by atoms with van der Waals surface area (Å²) in [4.78, 5) is 15.7. The van der Waals surface area contributed by atoms with E-state index in [1.807, 2.05) is 0 Å². The van der Waals surface area contributed by atoms with Crippen LogP contribution in [0.4, 0.5) is 0 Å². The van der Waals surface area contributed by atoms with Gasteiger partial charge in [0.2, 0.25) is 0 Å². The van der Waals surface area contributed by atoms with E-state index >= 15 is 0 Å². The summed E-state index contributed by atoms with van der Waals surface area (Å²) in [6.45, 7) is 0. The number of carbonyl (C=O) groups is 1. The fraction of sp³-hybridized carbons (Fsp3) is 0. The third-order valence-electron chi connectivity index (χ3n) is 2.22. The van der Waals surface area contributed by atoms with Crippen molar-refractivity contribution in [1.29, 1.82) is 0 Å². The van der Waals surface area contributed by atoms with Crippen LogP contribution in [-0.2, 0) is 0 Å². The largest absolute Gasteiger partial charge is 0.508 e. The van der Waals surface area contributed by atoms with Crippen LogP contribution in [0.15, 0.2) is 47.7 Å². The van der Waals surface area contributed by atoms with Crippen LogP contribution < -0.4 is 5.43 Å². The van der Waals surface area contributed by atoms with Crippen molar-refractivity contribution in [3.63, 3.8) is 0 Å². The van der Waals surface area contributed by atoms with Gasteiger partial charge in [0.15, 0.2) is 0 Å². The van der Waals surface area contributed by atoms with Gasteiger partial charge >= 0.3 is 0 Å². The van der Waals surface area contributed by atoms with E-state index in [-0.39, 0.29) is 17.1 Å². The van der Waals surface area contributed by atoms with Crippen LogP contribution >= 0.6 is 0 Å². The van der Waals surface area contributed by atoms with E-state index < -0.39 is 5.91 Å². The van der Waals surface area contributed by atoms with E-state index in [0.29, 0.717) is 5.69 Å². The SMILES string of the molecule is O=C(NN=Cc1ccccn1)c1cc(O)cc(O)c1. The molecular weight excluding hydrogens is 246 g/mol. The van der Waals surface area contributed by atoms with Crippen LogP contribution in [0.5, 0.6) is 11.5 Å². The van der Waals surface area contributed by atoms with Crippen LogP contribution in [0.25, 0.3) is 0 Å². The van der Waals surface area contributed by atoms with Gasteiger partial charge in [-0.2, -0.15) is 5.10 Å². The van der Waals surface area contributed by atoms with Crippen molar-refractivity contribution >= 4 is 12.1 Å². The summed E-state index contributed by atoms with van der Waals surface area (Å²) in [5.41, 5.74) is 2.98. The molecular formula is C13H11N3O3. The number of phenols is 2. The third kappa shape index (κ3) is 3.53. The number of rotatable bonds is 3. The van der Waals surface area contributed by atoms with Crippen molar-refractivity contribution in [2.24, 2.45) is 5.10 Å². The molecule has 0 radical (unpaired) electrons. The molecule has 0 atom stereocenters. The number of amides is 1. The molecule has 1 aromatic heterocycles. The third-order valence-corrected chi connectivity index (χ3v) is 2.22. The molecule has 6 nitrogen and oxygen atoms in total. The fourth-order valence-electron chi connectivity index (χ4n) is 1.40. The standard InChI is InChI=1S/C13H11N3O3/c17-11-5-9(6-12(18)7-11)13(19)16-15-8-10-3-1-2-4-14-10/h1-8,17-18H,(H,16,19). The molecule has 2 rings (SSSR count). The average Bonchev–Trinajstić information content (AvgIpc) is 2.38. The fourth-order valence-corrected chi connectivity index (χ4v) is 1.40. The number of hydrogen-bond acceptors (Lipinski definition) is 5. The summed E-state index contributed by atoms with van der Waals surface area (Å²) in [6, 6.07) is 8.88. The molecule has 0 bridgehead atoms. The Labute approximate surface area is 109 Å². The van der Waals surface area contributed by atoms with Gasteiger partial charge < -0.3 is 10.2 Å². The Morgan fingerprint density at radius 1 is 1.21 bits per heavy atom. The minimum Gasteiger partial charge on any atom is -0.508 e. The molecule has 0 saturated carbocycles. The predicted molar refractivity (Wildman–Crippen MR) is 69.1 cm³/mol. The van der Waals surface area contributed by atoms with Gasteiger partial charge in [-0.1, -0.05) is 6.07 Å². The van der Waals surface area contributed by atoms with E-state index in [0.717, 1.165) is 6.07 Å². The molecule has 96 valence electrons. The minimum atomic E-state index is -0.543. The average molecular weight is 257 g/mol. The minimum absolute atomic E-state index is 0.107. The van der Waals surface area contributed by atoms with Gasteiger partial charge in [0.25, 0.3) is 5.91 Å². The Balaban J connectivity index is 2.03. The summed E-state index contributed by atoms with van der Waals surface area (Å²) in [7, 11) is 0. The number of hydrogen-bond donors (Lipinski definition) is 3. The Kier molecular flexibility index (Phi) is 3.72. The summed E-state index contributed by atoms with van der Waals surface area (Å²) < 4.78 is 0. The quantitative estimate of drug-likeness (QED) is 0.569. The molecule has 2 aromatic rings. The highest BCUT2D eigenvalue weighted by Crippen LogP contribution is 2.20. The van der Waals surface area contributed by atoms with Crippen LogP contribution in [0.3, 0.4) is 0 Å². The highest BCUT2D eigenvalue weighted by molar-refractivity contribution is 5.95. The Morgan fingerprint density at radius 2 is 1.95 bits per heavy atom. The molecule has 6 heteroatoms. The second-order valence-electron chi connectivity index (χ2n) is 3.69. The smallest absolute Gasteiger partial charge is 0.271 e. The maximum absolute atomic E-state index is 11.7. The van der Waals surface area contributed by atoms with Crippen molar-refractivity contribution in [2.75, 3.05) is 0 Å². The molecule has 0 saturated heterocycles. The van der Waals surface area contributed by atoms with Gasteiger partial charge in [-0.15, -0.1) is 0 Å². The van der Waals surface area contributed by atoms with Crippen molar-refractivity contribution in [3.05, 3.63) is 53.9 Å². The molecule has 19 heavy (non-hydrogen) atoms. The zero-order valence-electron chi connectivity index (χ0n) is 9.82. The Morgan fingerprint density at radius 3 is 2.58 bits per heavy atom. The molecule has 1 aromatic carbocycles. The van der Waals surface area contributed by atoms with E-state index in [9.17, 15) is 15.0 Å². The van der Waals surface area contributed by atoms with Crippen LogP contribution in [0.1, 0.15) is 16.1 Å². The lowest BCUT2D eigenvalue weighted by atomic mass is 10.2. The van der Waals surface area contributed by atoms with E-state index in [1.165, 1.54) is 18.3 Å². The van der Waals surface area contributed by atoms with Crippen molar-refractivity contribution in [2.45, 2.75) is 0 Å². The lowest BCUT2D eigenvalue weighted by Crippen LogP contribution is -2.17. The van der Waals surface area contributed by atoms with E-state index in [1.54, 1.807) is 24.4 Å². The number of aromatic hydroxyl groups is 2. The number of hydrazone groups is 1. The molecule has 3 N–H and O–H groups in total. The highest BCUT2D eigenvalue weighted by atomic mass is 16.3. The summed E-state index contributed by atoms with van der Waals surface area (Å²) in [6.07, 6.45) is 3.00. The second kappa shape index (κ2) is 5.63. The molecule has 0 fully saturated rings. The van der Waals surface area contributed by atoms with Crippen LogP contribution in [-0.4, -0.2) is 27.3 Å². The lowest BCUT2D eigenvalue weighted by molar-refractivity contribution is 0.0954. The maximum Gasteiger partial charge on any atom is 0.271 e. The Hall–Kier alpha value is -2.89. The monoisotopic (exact) mass is 257 g/mol. The van der Waals surface area contributed by atoms with Gasteiger partial charge in [0, 0.05) is 17.8 Å². The van der Waals surface area contributed by atoms with Gasteiger partial charge in [-0.05, 0) is 24.3 Å². The molecule has 0 spiro atoms. The molecule has 1 heterocycles. The van der Waals surface area contributed by atoms with Gasteiger partial charge in [0.1, 0.15) is 11.5 Å². The Bertz CT molecular complexity index is 592. The number of phenolic OH excluding ortho intramolecular Hbond substituents is 2. The summed E-state index contributed by atoms with van der Waals surface area (Å²) in [5, 5.41) is 22.2. The molecule has 0 aliphatic rings. The number of aromatic nitrogens is 1. The van der Waals surface area contributed by atoms with Crippen molar-refractivity contribution < 1.29 is 15.0 Å². The lowest BCUT2D eigenvalue weighted by Gasteiger charge is -2.01. The first-order chi connectivity index (χ1) is 9.15. The number of nitrogens with one attached hydrogen (secondary N) is 1. The normalized spacial score (nSPS) is 10.5. The van der Waals surface area contributed by atoms with E-state index in [4.69, 9.17) is 0 Å². The molecule has 0 aliphatic carbocycles. The molecule has 1 amide bonds. The first kappa shape index (κ1) is 12.6. The first-order valence-electron chi connectivity index (χ1n) is 5.42. The number of nitrogens with zero attached hydrogens (tertiary/aromatic N) is 2. The number of carbonyl (C=O) groups excluding carboxylic acids is 1. The zero-order chi connectivity index (χ0) is 13.7. The van der Waals surface area contributed by atoms with Gasteiger partial charge in [-0.25, -0.2) is 5.43 Å². The van der Waals surface area contributed by atoms with Gasteiger partial charge in [-0.3, -0.25) is 9.78 Å². The number of pyridine rings is 1. The van der Waals surface area contributed by atoms with E-state index in [2.05, 4.69) is 15.5 Å². The second-order valence-corrected chi connectivity index (χ2v) is 3.69. The number of benzene rings is 1. The van der Waals surface area contributed by atoms with Crippen molar-refractivity contribution in [1.82, 2.24) is 10.4 Å². The van der Waals surface area contributed by atoms with Crippen LogP contribution in [0, 0.1) is 0 Å². The van der Waals surface area contributed by atoms with Gasteiger partial charge in [0.05, 0.1) is 11.9 Å². The van der Waals surface area contributed by atoms with Crippen molar-refractivity contribution in [3.8, 4) is 11.5 Å². The molecule has 0 unspecified atom stereocenters. The molecule has 0 aliphatic heterocycles. The maximum atomic E-state index is 11.7. The summed E-state index contributed by atoms with van der Waals surface area (Å²) >= 11 is 0. The highest BCUT2D eigenvalue weighted by Gasteiger charge is 2.07. The van der Waals surface area contributed by atoms with Crippen LogP contribution in [0.2, 0.25) is 0 Å². The zero-order valence-corrected chi connectivity index (χ0v) is 9.82. The predicted octanol–water partition coefficient (Wildman–Crippen LogP) is 1.26. The summed E-state index contributed by atoms with van der Waals surface area (Å²) in [5.74, 6) is -0.934.